The Balaban J connectivity index is 2.85. The molecule has 0 aliphatic rings. The van der Waals surface area contributed by atoms with Gasteiger partial charge in [-0.1, -0.05) is 0 Å². The van der Waals surface area contributed by atoms with Crippen LogP contribution in [-0.2, 0) is 13.6 Å². The number of aryl methyl sites for hydroxylation is 2. The Morgan fingerprint density at radius 2 is 2.06 bits per heavy atom. The van der Waals surface area contributed by atoms with E-state index in [1.807, 2.05) is 6.92 Å². The van der Waals surface area contributed by atoms with Gasteiger partial charge in [-0.15, -0.1) is 0 Å². The molecule has 0 bridgehead atoms. The standard InChI is InChI=1S/C10H11N3O3/c1-3-12-8-5-4-7(13(15)16)6-9(8)11(2)10(12)14/h4-6H,3H2,1-2H3. The molecule has 0 atom stereocenters. The molecule has 0 radical (unpaired) electrons. The predicted molar refractivity (Wildman–Crippen MR) is 59.5 cm³/mol. The van der Waals surface area contributed by atoms with Crippen LogP contribution < -0.4 is 5.69 Å². The summed E-state index contributed by atoms with van der Waals surface area (Å²) < 4.78 is 3.00. The molecule has 0 aliphatic heterocycles. The van der Waals surface area contributed by atoms with Crippen LogP contribution in [0.3, 0.4) is 0 Å². The SMILES string of the molecule is CCn1c(=O)n(C)c2cc([N+](=O)[O-])ccc21. The molecule has 0 fully saturated rings. The molecule has 0 aliphatic carbocycles. The summed E-state index contributed by atoms with van der Waals surface area (Å²) in [5, 5.41) is 10.6. The van der Waals surface area contributed by atoms with Gasteiger partial charge in [0.15, 0.2) is 0 Å². The first-order chi connectivity index (χ1) is 7.56. The van der Waals surface area contributed by atoms with Gasteiger partial charge in [-0.2, -0.15) is 0 Å². The van der Waals surface area contributed by atoms with Crippen LogP contribution in [0.4, 0.5) is 5.69 Å². The summed E-state index contributed by atoms with van der Waals surface area (Å²) in [6.45, 7) is 2.41. The number of nitro groups is 1. The Hall–Kier alpha value is -2.11. The second-order valence-electron chi connectivity index (χ2n) is 3.52. The molecule has 0 amide bonds. The summed E-state index contributed by atoms with van der Waals surface area (Å²) >= 11 is 0. The van der Waals surface area contributed by atoms with E-state index in [0.717, 1.165) is 5.52 Å². The van der Waals surface area contributed by atoms with E-state index in [4.69, 9.17) is 0 Å². The Morgan fingerprint density at radius 3 is 2.62 bits per heavy atom. The van der Waals surface area contributed by atoms with Crippen LogP contribution in [0.2, 0.25) is 0 Å². The van der Waals surface area contributed by atoms with E-state index in [0.29, 0.717) is 12.1 Å². The lowest BCUT2D eigenvalue weighted by Gasteiger charge is -1.96. The summed E-state index contributed by atoms with van der Waals surface area (Å²) in [6, 6.07) is 4.44. The number of hydrogen-bond donors (Lipinski definition) is 0. The average molecular weight is 221 g/mol. The minimum atomic E-state index is -0.465. The van der Waals surface area contributed by atoms with E-state index in [-0.39, 0.29) is 11.4 Å². The summed E-state index contributed by atoms with van der Waals surface area (Å²) in [6.07, 6.45) is 0. The normalized spacial score (nSPS) is 10.9. The first-order valence-electron chi connectivity index (χ1n) is 4.90. The zero-order valence-electron chi connectivity index (χ0n) is 9.01. The van der Waals surface area contributed by atoms with Crippen LogP contribution in [0, 0.1) is 10.1 Å². The number of non-ortho nitro benzene ring substituents is 1. The number of nitro benzene ring substituents is 1. The van der Waals surface area contributed by atoms with Crippen LogP contribution in [0.1, 0.15) is 6.92 Å². The third-order valence-corrected chi connectivity index (χ3v) is 2.66. The molecule has 84 valence electrons. The van der Waals surface area contributed by atoms with Crippen LogP contribution >= 0.6 is 0 Å². The number of nitrogens with zero attached hydrogens (tertiary/aromatic N) is 3. The second kappa shape index (κ2) is 3.48. The van der Waals surface area contributed by atoms with Gasteiger partial charge in [0.2, 0.25) is 0 Å². The summed E-state index contributed by atoms with van der Waals surface area (Å²) in [4.78, 5) is 21.9. The smallest absolute Gasteiger partial charge is 0.295 e. The molecule has 0 N–H and O–H groups in total. The number of rotatable bonds is 2. The van der Waals surface area contributed by atoms with Gasteiger partial charge in [-0.25, -0.2) is 4.79 Å². The zero-order valence-corrected chi connectivity index (χ0v) is 9.01. The Bertz CT molecular complexity index is 624. The van der Waals surface area contributed by atoms with Gasteiger partial charge in [-0.05, 0) is 13.0 Å². The Kier molecular flexibility index (Phi) is 2.26. The van der Waals surface area contributed by atoms with Crippen molar-refractivity contribution in [1.29, 1.82) is 0 Å². The summed E-state index contributed by atoms with van der Waals surface area (Å²) in [7, 11) is 1.61. The molecule has 16 heavy (non-hydrogen) atoms. The maximum atomic E-state index is 11.8. The van der Waals surface area contributed by atoms with Gasteiger partial charge in [0.1, 0.15) is 0 Å². The molecular formula is C10H11N3O3. The van der Waals surface area contributed by atoms with E-state index < -0.39 is 4.92 Å². The van der Waals surface area contributed by atoms with Crippen LogP contribution in [0.25, 0.3) is 11.0 Å². The van der Waals surface area contributed by atoms with Gasteiger partial charge < -0.3 is 0 Å². The number of hydrogen-bond acceptors (Lipinski definition) is 3. The highest BCUT2D eigenvalue weighted by molar-refractivity contribution is 5.78. The van der Waals surface area contributed by atoms with Crippen molar-refractivity contribution in [3.63, 3.8) is 0 Å². The molecule has 6 nitrogen and oxygen atoms in total. The lowest BCUT2D eigenvalue weighted by molar-refractivity contribution is -0.384. The van der Waals surface area contributed by atoms with Gasteiger partial charge in [0.05, 0.1) is 16.0 Å². The van der Waals surface area contributed by atoms with Crippen molar-refractivity contribution in [3.8, 4) is 0 Å². The number of imidazole rings is 1. The van der Waals surface area contributed by atoms with E-state index in [1.165, 1.54) is 16.7 Å². The monoisotopic (exact) mass is 221 g/mol. The highest BCUT2D eigenvalue weighted by Gasteiger charge is 2.13. The minimum absolute atomic E-state index is 0.00338. The molecule has 0 saturated carbocycles. The molecule has 1 aromatic carbocycles. The van der Waals surface area contributed by atoms with Crippen molar-refractivity contribution in [1.82, 2.24) is 9.13 Å². The quantitative estimate of drug-likeness (QED) is 0.566. The van der Waals surface area contributed by atoms with E-state index in [1.54, 1.807) is 17.7 Å². The maximum absolute atomic E-state index is 11.8. The topological polar surface area (TPSA) is 70.1 Å². The molecule has 6 heteroatoms. The van der Waals surface area contributed by atoms with Gasteiger partial charge in [0.25, 0.3) is 5.69 Å². The van der Waals surface area contributed by atoms with Crippen molar-refractivity contribution in [2.24, 2.45) is 7.05 Å². The van der Waals surface area contributed by atoms with Crippen molar-refractivity contribution in [2.75, 3.05) is 0 Å². The van der Waals surface area contributed by atoms with Gasteiger partial charge in [-0.3, -0.25) is 19.2 Å². The van der Waals surface area contributed by atoms with E-state index in [9.17, 15) is 14.9 Å². The summed E-state index contributed by atoms with van der Waals surface area (Å²) in [5.74, 6) is 0. The van der Waals surface area contributed by atoms with Crippen molar-refractivity contribution in [3.05, 3.63) is 38.8 Å². The fourth-order valence-electron chi connectivity index (χ4n) is 1.82. The largest absolute Gasteiger partial charge is 0.328 e. The number of benzene rings is 1. The first kappa shape index (κ1) is 10.4. The molecule has 0 spiro atoms. The van der Waals surface area contributed by atoms with Crippen LogP contribution in [0.5, 0.6) is 0 Å². The molecule has 1 heterocycles. The highest BCUT2D eigenvalue weighted by Crippen LogP contribution is 2.19. The average Bonchev–Trinajstić information content (AvgIpc) is 2.51. The maximum Gasteiger partial charge on any atom is 0.328 e. The van der Waals surface area contributed by atoms with E-state index in [2.05, 4.69) is 0 Å². The molecular weight excluding hydrogens is 210 g/mol. The summed E-state index contributed by atoms with van der Waals surface area (Å²) in [5.41, 5.74) is 1.15. The predicted octanol–water partition coefficient (Wildman–Crippen LogP) is 1.27. The minimum Gasteiger partial charge on any atom is -0.295 e. The van der Waals surface area contributed by atoms with Crippen molar-refractivity contribution in [2.45, 2.75) is 13.5 Å². The molecule has 0 saturated heterocycles. The molecule has 1 aromatic heterocycles. The highest BCUT2D eigenvalue weighted by atomic mass is 16.6. The van der Waals surface area contributed by atoms with Crippen LogP contribution in [-0.4, -0.2) is 14.1 Å². The Morgan fingerprint density at radius 1 is 1.38 bits per heavy atom. The molecule has 0 unspecified atom stereocenters. The number of fused-ring (bicyclic) bond motifs is 1. The third-order valence-electron chi connectivity index (χ3n) is 2.66. The van der Waals surface area contributed by atoms with Crippen molar-refractivity contribution < 1.29 is 4.92 Å². The lowest BCUT2D eigenvalue weighted by atomic mass is 10.3. The second-order valence-corrected chi connectivity index (χ2v) is 3.52. The van der Waals surface area contributed by atoms with Crippen molar-refractivity contribution >= 4 is 16.7 Å². The van der Waals surface area contributed by atoms with Crippen LogP contribution in [0.15, 0.2) is 23.0 Å². The van der Waals surface area contributed by atoms with Gasteiger partial charge in [0, 0.05) is 25.7 Å². The lowest BCUT2D eigenvalue weighted by Crippen LogP contribution is -2.21. The first-order valence-corrected chi connectivity index (χ1v) is 4.90. The Labute approximate surface area is 90.9 Å². The molecule has 2 aromatic rings. The van der Waals surface area contributed by atoms with Gasteiger partial charge >= 0.3 is 5.69 Å². The fraction of sp³-hybridized carbons (Fsp3) is 0.300. The number of aromatic nitrogens is 2. The fourth-order valence-corrected chi connectivity index (χ4v) is 1.82. The molecule has 2 rings (SSSR count). The third kappa shape index (κ3) is 1.30. The zero-order chi connectivity index (χ0) is 11.9. The van der Waals surface area contributed by atoms with E-state index >= 15 is 0 Å².